The zero-order valence-corrected chi connectivity index (χ0v) is 35.2. The third-order valence-electron chi connectivity index (χ3n) is 13.5. The number of hydrogen-bond acceptors (Lipinski definition) is 1. The molecule has 0 radical (unpaired) electrons. The van der Waals surface area contributed by atoms with E-state index in [4.69, 9.17) is 0 Å². The monoisotopic (exact) mass is 781 g/mol. The van der Waals surface area contributed by atoms with Gasteiger partial charge in [-0.1, -0.05) is 204 Å². The molecule has 0 amide bonds. The molecule has 0 atom stereocenters. The number of hydrogen-bond donors (Lipinski definition) is 0. The van der Waals surface area contributed by atoms with E-state index in [1.54, 1.807) is 0 Å². The molecule has 2 aliphatic carbocycles. The first kappa shape index (κ1) is 36.8. The van der Waals surface area contributed by atoms with Crippen LogP contribution in [-0.4, -0.2) is 0 Å². The molecule has 0 spiro atoms. The Balaban J connectivity index is 1.21. The molecule has 0 fully saturated rings. The standard InChI is InChI=1S/C60H47N/c1-59(2)53-30-15-13-27-48(53)50-35-33-44(38-55(50)59)61(45-34-36-51-49-28-14-16-31-54(49)60(3,4)56(51)39-45)57-32-18-29-52(47-26-12-11-25-46(47)41-21-9-6-10-22-41)58(57)43-24-17-23-42(37-43)40-19-7-5-8-20-40/h5-39H,1-4H3. The summed E-state index contributed by atoms with van der Waals surface area (Å²) in [6.07, 6.45) is 0. The Hall–Kier alpha value is -7.22. The molecule has 11 rings (SSSR count). The number of fused-ring (bicyclic) bond motifs is 6. The van der Waals surface area contributed by atoms with E-state index >= 15 is 0 Å². The summed E-state index contributed by atoms with van der Waals surface area (Å²) in [6.45, 7) is 9.51. The van der Waals surface area contributed by atoms with Crippen LogP contribution >= 0.6 is 0 Å². The lowest BCUT2D eigenvalue weighted by molar-refractivity contribution is 0.660. The quantitative estimate of drug-likeness (QED) is 0.156. The van der Waals surface area contributed by atoms with Gasteiger partial charge >= 0.3 is 0 Å². The third-order valence-corrected chi connectivity index (χ3v) is 13.5. The summed E-state index contributed by atoms with van der Waals surface area (Å²) >= 11 is 0. The second kappa shape index (κ2) is 14.2. The first-order chi connectivity index (χ1) is 29.8. The van der Waals surface area contributed by atoms with Crippen molar-refractivity contribution in [3.63, 3.8) is 0 Å². The van der Waals surface area contributed by atoms with E-state index in [9.17, 15) is 0 Å². The zero-order valence-electron chi connectivity index (χ0n) is 35.2. The van der Waals surface area contributed by atoms with E-state index in [2.05, 4.69) is 245 Å². The fourth-order valence-corrected chi connectivity index (χ4v) is 10.4. The van der Waals surface area contributed by atoms with Gasteiger partial charge in [0.05, 0.1) is 5.69 Å². The van der Waals surface area contributed by atoms with Crippen molar-refractivity contribution in [2.24, 2.45) is 0 Å². The van der Waals surface area contributed by atoms with Crippen molar-refractivity contribution in [2.45, 2.75) is 38.5 Å². The molecular formula is C60H47N. The molecule has 0 aromatic heterocycles. The van der Waals surface area contributed by atoms with Gasteiger partial charge in [0, 0.05) is 27.8 Å². The topological polar surface area (TPSA) is 3.24 Å². The molecule has 9 aromatic carbocycles. The smallest absolute Gasteiger partial charge is 0.0546 e. The van der Waals surface area contributed by atoms with Crippen molar-refractivity contribution in [3.8, 4) is 66.8 Å². The van der Waals surface area contributed by atoms with Crippen molar-refractivity contribution in [1.82, 2.24) is 0 Å². The van der Waals surface area contributed by atoms with E-state index < -0.39 is 0 Å². The molecule has 2 aliphatic rings. The second-order valence-corrected chi connectivity index (χ2v) is 17.7. The molecule has 1 heteroatoms. The summed E-state index contributed by atoms with van der Waals surface area (Å²) in [7, 11) is 0. The lowest BCUT2D eigenvalue weighted by atomic mass is 9.82. The van der Waals surface area contributed by atoms with E-state index in [1.807, 2.05) is 0 Å². The van der Waals surface area contributed by atoms with Crippen LogP contribution in [0.25, 0.3) is 66.8 Å². The van der Waals surface area contributed by atoms with Gasteiger partial charge in [0.25, 0.3) is 0 Å². The van der Waals surface area contributed by atoms with Crippen molar-refractivity contribution >= 4 is 17.1 Å². The van der Waals surface area contributed by atoms with Gasteiger partial charge in [-0.05, 0) is 120 Å². The minimum absolute atomic E-state index is 0.154. The molecule has 0 saturated heterocycles. The van der Waals surface area contributed by atoms with E-state index in [1.165, 1.54) is 89.0 Å². The van der Waals surface area contributed by atoms with Gasteiger partial charge < -0.3 is 4.90 Å². The minimum Gasteiger partial charge on any atom is -0.310 e. The number of anilines is 3. The van der Waals surface area contributed by atoms with Gasteiger partial charge in [0.15, 0.2) is 0 Å². The summed E-state index contributed by atoms with van der Waals surface area (Å²) in [5, 5.41) is 0. The maximum absolute atomic E-state index is 2.54. The van der Waals surface area contributed by atoms with Gasteiger partial charge in [-0.3, -0.25) is 0 Å². The van der Waals surface area contributed by atoms with Crippen LogP contribution in [0.4, 0.5) is 17.1 Å². The summed E-state index contributed by atoms with van der Waals surface area (Å²) in [5.41, 5.74) is 23.4. The van der Waals surface area contributed by atoms with Crippen LogP contribution in [0.15, 0.2) is 212 Å². The van der Waals surface area contributed by atoms with Crippen LogP contribution in [0.5, 0.6) is 0 Å². The van der Waals surface area contributed by atoms with Gasteiger partial charge in [-0.25, -0.2) is 0 Å². The highest BCUT2D eigenvalue weighted by Crippen LogP contribution is 2.55. The fourth-order valence-electron chi connectivity index (χ4n) is 10.4. The third kappa shape index (κ3) is 5.91. The average molecular weight is 782 g/mol. The molecule has 9 aromatic rings. The number of nitrogens with zero attached hydrogens (tertiary/aromatic N) is 1. The van der Waals surface area contributed by atoms with Crippen molar-refractivity contribution in [3.05, 3.63) is 235 Å². The number of rotatable bonds is 7. The number of benzene rings is 9. The van der Waals surface area contributed by atoms with Crippen LogP contribution in [0.1, 0.15) is 49.9 Å². The predicted molar refractivity (Wildman–Crippen MR) is 258 cm³/mol. The molecule has 0 unspecified atom stereocenters. The maximum atomic E-state index is 2.54. The fraction of sp³-hybridized carbons (Fsp3) is 0.100. The summed E-state index contributed by atoms with van der Waals surface area (Å²) in [4.78, 5) is 2.54. The van der Waals surface area contributed by atoms with Crippen LogP contribution in [0.2, 0.25) is 0 Å². The van der Waals surface area contributed by atoms with Crippen molar-refractivity contribution < 1.29 is 0 Å². The molecule has 0 saturated carbocycles. The molecule has 61 heavy (non-hydrogen) atoms. The lowest BCUT2D eigenvalue weighted by Crippen LogP contribution is -2.18. The normalized spacial score (nSPS) is 13.8. The Labute approximate surface area is 360 Å². The average Bonchev–Trinajstić information content (AvgIpc) is 3.68. The molecule has 0 heterocycles. The minimum atomic E-state index is -0.154. The predicted octanol–water partition coefficient (Wildman–Crippen LogP) is 16.4. The highest BCUT2D eigenvalue weighted by atomic mass is 15.1. The SMILES string of the molecule is CC1(C)c2ccccc2-c2ccc(N(c3ccc4c(c3)C(C)(C)c3ccccc3-4)c3cccc(-c4ccccc4-c4ccccc4)c3-c3cccc(-c4ccccc4)c3)cc21. The molecular weight excluding hydrogens is 735 g/mol. The van der Waals surface area contributed by atoms with Gasteiger partial charge in [0.2, 0.25) is 0 Å². The van der Waals surface area contributed by atoms with Gasteiger partial charge in [-0.2, -0.15) is 0 Å². The Morgan fingerprint density at radius 1 is 0.279 bits per heavy atom. The Bertz CT molecular complexity index is 3030. The lowest BCUT2D eigenvalue weighted by Gasteiger charge is -2.32. The largest absolute Gasteiger partial charge is 0.310 e. The summed E-state index contributed by atoms with van der Waals surface area (Å²) in [6, 6.07) is 78.7. The zero-order chi connectivity index (χ0) is 41.3. The van der Waals surface area contributed by atoms with Gasteiger partial charge in [0.1, 0.15) is 0 Å². The van der Waals surface area contributed by atoms with E-state index in [-0.39, 0.29) is 10.8 Å². The molecule has 0 bridgehead atoms. The highest BCUT2D eigenvalue weighted by Gasteiger charge is 2.38. The van der Waals surface area contributed by atoms with E-state index in [0.717, 1.165) is 17.1 Å². The molecule has 0 N–H and O–H groups in total. The maximum Gasteiger partial charge on any atom is 0.0546 e. The van der Waals surface area contributed by atoms with Crippen molar-refractivity contribution in [2.75, 3.05) is 4.90 Å². The first-order valence-corrected chi connectivity index (χ1v) is 21.5. The first-order valence-electron chi connectivity index (χ1n) is 21.5. The Kier molecular flexibility index (Phi) is 8.58. The molecule has 0 aliphatic heterocycles. The highest BCUT2D eigenvalue weighted by molar-refractivity contribution is 6.01. The van der Waals surface area contributed by atoms with Crippen LogP contribution in [-0.2, 0) is 10.8 Å². The van der Waals surface area contributed by atoms with Crippen LogP contribution in [0, 0.1) is 0 Å². The van der Waals surface area contributed by atoms with Crippen LogP contribution < -0.4 is 4.90 Å². The summed E-state index contributed by atoms with van der Waals surface area (Å²) in [5.74, 6) is 0. The van der Waals surface area contributed by atoms with Crippen LogP contribution in [0.3, 0.4) is 0 Å². The van der Waals surface area contributed by atoms with Crippen molar-refractivity contribution in [1.29, 1.82) is 0 Å². The summed E-state index contributed by atoms with van der Waals surface area (Å²) < 4.78 is 0. The second-order valence-electron chi connectivity index (χ2n) is 17.7. The van der Waals surface area contributed by atoms with Gasteiger partial charge in [-0.15, -0.1) is 0 Å². The Morgan fingerprint density at radius 3 is 1.30 bits per heavy atom. The van der Waals surface area contributed by atoms with E-state index in [0.29, 0.717) is 0 Å². The Morgan fingerprint density at radius 2 is 0.705 bits per heavy atom. The molecule has 1 nitrogen and oxygen atoms in total. The molecule has 292 valence electrons.